The van der Waals surface area contributed by atoms with Gasteiger partial charge < -0.3 is 4.55 Å². The molecule has 0 amide bonds. The predicted molar refractivity (Wildman–Crippen MR) is 74.0 cm³/mol. The Morgan fingerprint density at radius 1 is 0.773 bits per heavy atom. The summed E-state index contributed by atoms with van der Waals surface area (Å²) in [6.45, 7) is 4.25. The summed E-state index contributed by atoms with van der Waals surface area (Å²) in [5.74, 6) is -10.5. The molecule has 0 N–H and O–H groups in total. The molecule has 22 heavy (non-hydrogen) atoms. The van der Waals surface area contributed by atoms with Gasteiger partial charge in [0.1, 0.15) is 0 Å². The molecule has 0 saturated carbocycles. The van der Waals surface area contributed by atoms with Gasteiger partial charge in [-0.15, -0.1) is 4.31 Å². The first kappa shape index (κ1) is 19.2. The van der Waals surface area contributed by atoms with Crippen molar-refractivity contribution in [1.82, 2.24) is 4.31 Å². The first-order valence-corrected chi connectivity index (χ1v) is 8.15. The third-order valence-corrected chi connectivity index (χ3v) is 4.64. The summed E-state index contributed by atoms with van der Waals surface area (Å²) in [6, 6.07) is 0. The fraction of sp³-hybridized carbons (Fsp3) is 0.571. The van der Waals surface area contributed by atoms with Crippen molar-refractivity contribution in [3.8, 4) is 0 Å². The van der Waals surface area contributed by atoms with Crippen LogP contribution < -0.4 is 0 Å². The van der Waals surface area contributed by atoms with E-state index in [9.17, 15) is 26.5 Å². The van der Waals surface area contributed by atoms with Gasteiger partial charge in [0.05, 0.1) is 11.4 Å². The van der Waals surface area contributed by atoms with Crippen LogP contribution in [-0.2, 0) is 11.4 Å². The Hall–Kier alpha value is -0.860. The first-order valence-electron chi connectivity index (χ1n) is 7.04. The molecular formula is C14H18F5NOS. The molecule has 1 unspecified atom stereocenters. The Bertz CT molecular complexity index is 477. The minimum Gasteiger partial charge on any atom is -0.593 e. The van der Waals surface area contributed by atoms with Gasteiger partial charge in [0.15, 0.2) is 0 Å². The zero-order valence-corrected chi connectivity index (χ0v) is 13.2. The molecule has 1 rings (SSSR count). The third-order valence-electron chi connectivity index (χ3n) is 3.10. The highest BCUT2D eigenvalue weighted by Gasteiger charge is 2.36. The maximum absolute atomic E-state index is 13.7. The Kier molecular flexibility index (Phi) is 7.58. The highest BCUT2D eigenvalue weighted by atomic mass is 32.2. The van der Waals surface area contributed by atoms with E-state index in [0.717, 1.165) is 12.8 Å². The van der Waals surface area contributed by atoms with Gasteiger partial charge in [0.2, 0.25) is 29.1 Å². The topological polar surface area (TPSA) is 26.3 Å². The highest BCUT2D eigenvalue weighted by Crippen LogP contribution is 2.29. The van der Waals surface area contributed by atoms with Gasteiger partial charge in [-0.25, -0.2) is 13.2 Å². The van der Waals surface area contributed by atoms with Crippen LogP contribution in [0.15, 0.2) is 4.90 Å². The van der Waals surface area contributed by atoms with Crippen LogP contribution in [0, 0.1) is 29.1 Å². The Balaban J connectivity index is 3.20. The minimum absolute atomic E-state index is 0.253. The minimum atomic E-state index is -2.44. The van der Waals surface area contributed by atoms with E-state index < -0.39 is 45.3 Å². The molecule has 0 bridgehead atoms. The number of rotatable bonds is 8. The van der Waals surface area contributed by atoms with E-state index in [0.29, 0.717) is 12.8 Å². The van der Waals surface area contributed by atoms with Gasteiger partial charge in [-0.05, 0) is 12.8 Å². The molecule has 0 fully saturated rings. The molecule has 1 aromatic rings. The van der Waals surface area contributed by atoms with Gasteiger partial charge in [-0.3, -0.25) is 0 Å². The van der Waals surface area contributed by atoms with E-state index in [1.54, 1.807) is 0 Å². The molecule has 0 heterocycles. The predicted octanol–water partition coefficient (Wildman–Crippen LogP) is 4.31. The zero-order chi connectivity index (χ0) is 16.9. The van der Waals surface area contributed by atoms with Crippen LogP contribution in [0.2, 0.25) is 0 Å². The lowest BCUT2D eigenvalue weighted by Gasteiger charge is -2.24. The largest absolute Gasteiger partial charge is 0.593 e. The van der Waals surface area contributed by atoms with Gasteiger partial charge in [-0.1, -0.05) is 26.7 Å². The summed E-state index contributed by atoms with van der Waals surface area (Å²) < 4.78 is 80.5. The van der Waals surface area contributed by atoms with Crippen molar-refractivity contribution >= 4 is 11.4 Å². The molecule has 0 aliphatic carbocycles. The quantitative estimate of drug-likeness (QED) is 0.304. The molecule has 0 aliphatic rings. The summed E-state index contributed by atoms with van der Waals surface area (Å²) in [6.07, 6.45) is 2.70. The smallest absolute Gasteiger partial charge is 0.251 e. The van der Waals surface area contributed by atoms with Crippen molar-refractivity contribution in [2.45, 2.75) is 44.4 Å². The average Bonchev–Trinajstić information content (AvgIpc) is 2.51. The molecular weight excluding hydrogens is 325 g/mol. The number of benzene rings is 1. The molecule has 0 spiro atoms. The molecule has 0 aromatic heterocycles. The maximum Gasteiger partial charge on any atom is 0.251 e. The summed E-state index contributed by atoms with van der Waals surface area (Å²) in [5, 5.41) is 0. The van der Waals surface area contributed by atoms with Gasteiger partial charge in [-0.2, -0.15) is 8.78 Å². The second kappa shape index (κ2) is 8.69. The highest BCUT2D eigenvalue weighted by molar-refractivity contribution is 7.89. The van der Waals surface area contributed by atoms with Gasteiger partial charge in [0, 0.05) is 13.1 Å². The molecule has 126 valence electrons. The van der Waals surface area contributed by atoms with Crippen LogP contribution in [0.25, 0.3) is 0 Å². The van der Waals surface area contributed by atoms with Crippen LogP contribution in [0.5, 0.6) is 0 Å². The second-order valence-electron chi connectivity index (χ2n) is 4.78. The van der Waals surface area contributed by atoms with Crippen LogP contribution in [-0.4, -0.2) is 21.9 Å². The number of nitrogens with zero attached hydrogens (tertiary/aromatic N) is 1. The number of hydrogen-bond acceptors (Lipinski definition) is 2. The Morgan fingerprint density at radius 3 is 1.50 bits per heavy atom. The summed E-state index contributed by atoms with van der Waals surface area (Å²) in [5.41, 5.74) is 0. The van der Waals surface area contributed by atoms with E-state index in [2.05, 4.69) is 0 Å². The van der Waals surface area contributed by atoms with E-state index in [-0.39, 0.29) is 13.1 Å². The number of unbranched alkanes of at least 4 members (excludes halogenated alkanes) is 2. The van der Waals surface area contributed by atoms with Crippen molar-refractivity contribution in [3.05, 3.63) is 29.1 Å². The van der Waals surface area contributed by atoms with Crippen LogP contribution >= 0.6 is 0 Å². The molecule has 8 heteroatoms. The monoisotopic (exact) mass is 343 g/mol. The molecule has 1 aromatic carbocycles. The van der Waals surface area contributed by atoms with Crippen LogP contribution in [0.4, 0.5) is 22.0 Å². The number of halogens is 5. The van der Waals surface area contributed by atoms with Crippen LogP contribution in [0.3, 0.4) is 0 Å². The lowest BCUT2D eigenvalue weighted by atomic mass is 10.3. The summed E-state index contributed by atoms with van der Waals surface area (Å²) in [4.78, 5) is -1.27. The SMILES string of the molecule is CCCCN(CCCC)[S+]([O-])c1c(F)c(F)c(F)c(F)c1F. The molecule has 0 radical (unpaired) electrons. The van der Waals surface area contributed by atoms with E-state index in [4.69, 9.17) is 0 Å². The van der Waals surface area contributed by atoms with Crippen molar-refractivity contribution < 1.29 is 26.5 Å². The van der Waals surface area contributed by atoms with E-state index in [1.807, 2.05) is 13.8 Å². The van der Waals surface area contributed by atoms with E-state index in [1.165, 1.54) is 4.31 Å². The average molecular weight is 343 g/mol. The van der Waals surface area contributed by atoms with Crippen LogP contribution in [0.1, 0.15) is 39.5 Å². The van der Waals surface area contributed by atoms with Gasteiger partial charge >= 0.3 is 0 Å². The second-order valence-corrected chi connectivity index (χ2v) is 6.21. The molecule has 0 saturated heterocycles. The number of hydrogen-bond donors (Lipinski definition) is 0. The molecule has 2 nitrogen and oxygen atoms in total. The standard InChI is InChI=1S/C14H18F5NOS/c1-3-5-7-20(8-6-4-2)22(21)14-12(18)10(16)9(15)11(17)13(14)19/h3-8H2,1-2H3. The molecule has 1 atom stereocenters. The fourth-order valence-corrected chi connectivity index (χ4v) is 3.15. The lowest BCUT2D eigenvalue weighted by Crippen LogP contribution is -2.34. The zero-order valence-electron chi connectivity index (χ0n) is 12.4. The van der Waals surface area contributed by atoms with Gasteiger partial charge in [0.25, 0.3) is 4.90 Å². The van der Waals surface area contributed by atoms with Crippen molar-refractivity contribution in [2.24, 2.45) is 0 Å². The summed E-state index contributed by atoms with van der Waals surface area (Å²) in [7, 11) is 0. The lowest BCUT2D eigenvalue weighted by molar-refractivity contribution is 0.346. The van der Waals surface area contributed by atoms with Crippen molar-refractivity contribution in [2.75, 3.05) is 13.1 Å². The fourth-order valence-electron chi connectivity index (χ4n) is 1.81. The Labute approximate surface area is 129 Å². The summed E-state index contributed by atoms with van der Waals surface area (Å²) >= 11 is -2.44. The maximum atomic E-state index is 13.7. The van der Waals surface area contributed by atoms with E-state index >= 15 is 0 Å². The van der Waals surface area contributed by atoms with Crippen molar-refractivity contribution in [3.63, 3.8) is 0 Å². The normalized spacial score (nSPS) is 13.0. The third kappa shape index (κ3) is 4.11. The first-order chi connectivity index (χ1) is 10.4. The molecule has 0 aliphatic heterocycles. The van der Waals surface area contributed by atoms with Crippen molar-refractivity contribution in [1.29, 1.82) is 0 Å². The Morgan fingerprint density at radius 2 is 1.14 bits per heavy atom.